The largest absolute Gasteiger partial charge is 0.476 e. The molecule has 148 valence electrons. The first-order chi connectivity index (χ1) is 14.3. The number of pyridine rings is 1. The van der Waals surface area contributed by atoms with Crippen molar-refractivity contribution in [3.05, 3.63) is 53.3 Å². The number of amides is 1. The first kappa shape index (κ1) is 19.1. The van der Waals surface area contributed by atoms with E-state index in [2.05, 4.69) is 21.9 Å². The minimum absolute atomic E-state index is 0.165. The van der Waals surface area contributed by atoms with E-state index in [0.29, 0.717) is 28.8 Å². The first-order valence-corrected chi connectivity index (χ1v) is 8.96. The number of carbonyl (C=O) groups excluding carboxylic acids is 1. The van der Waals surface area contributed by atoms with Crippen LogP contribution in [0.3, 0.4) is 0 Å². The topological polar surface area (TPSA) is 132 Å². The van der Waals surface area contributed by atoms with Gasteiger partial charge in [-0.2, -0.15) is 10.4 Å². The smallest absolute Gasteiger partial charge is 0.357 e. The minimum Gasteiger partial charge on any atom is -0.476 e. The van der Waals surface area contributed by atoms with Gasteiger partial charge >= 0.3 is 5.97 Å². The van der Waals surface area contributed by atoms with Gasteiger partial charge in [-0.25, -0.2) is 14.5 Å². The van der Waals surface area contributed by atoms with Crippen molar-refractivity contribution >= 4 is 22.9 Å². The highest BCUT2D eigenvalue weighted by Gasteiger charge is 2.42. The van der Waals surface area contributed by atoms with E-state index in [4.69, 9.17) is 0 Å². The maximum atomic E-state index is 12.1. The highest BCUT2D eigenvalue weighted by atomic mass is 16.4. The molecule has 3 heterocycles. The van der Waals surface area contributed by atoms with Crippen LogP contribution in [-0.2, 0) is 4.79 Å². The monoisotopic (exact) mass is 401 g/mol. The van der Waals surface area contributed by atoms with Gasteiger partial charge < -0.3 is 15.1 Å². The fourth-order valence-corrected chi connectivity index (χ4v) is 3.31. The maximum absolute atomic E-state index is 12.1. The fourth-order valence-electron chi connectivity index (χ4n) is 3.31. The number of hydrogen-bond donors (Lipinski definition) is 2. The molecule has 1 aliphatic heterocycles. The summed E-state index contributed by atoms with van der Waals surface area (Å²) >= 11 is 0. The van der Waals surface area contributed by atoms with Gasteiger partial charge in [-0.05, 0) is 30.3 Å². The number of hydrogen-bond acceptors (Lipinski definition) is 6. The van der Waals surface area contributed by atoms with Crippen LogP contribution in [0.25, 0.3) is 16.7 Å². The number of likely N-dealkylation sites (tertiary alicyclic amines) is 1. The van der Waals surface area contributed by atoms with Crippen molar-refractivity contribution in [2.24, 2.45) is 0 Å². The second-order valence-corrected chi connectivity index (χ2v) is 6.91. The predicted octanol–water partition coefficient (Wildman–Crippen LogP) is 0.935. The van der Waals surface area contributed by atoms with Crippen molar-refractivity contribution in [3.8, 4) is 23.6 Å². The zero-order valence-corrected chi connectivity index (χ0v) is 15.8. The summed E-state index contributed by atoms with van der Waals surface area (Å²) in [6.45, 7) is 0.399. The normalized spacial score (nSPS) is 18.2. The Bertz CT molecular complexity index is 1310. The molecule has 9 nitrogen and oxygen atoms in total. The van der Waals surface area contributed by atoms with Gasteiger partial charge in [-0.3, -0.25) is 4.79 Å². The zero-order chi connectivity index (χ0) is 21.5. The van der Waals surface area contributed by atoms with Crippen LogP contribution in [-0.4, -0.2) is 60.9 Å². The lowest BCUT2D eigenvalue weighted by Crippen LogP contribution is -2.37. The lowest BCUT2D eigenvalue weighted by molar-refractivity contribution is -0.137. The number of carbonyl (C=O) groups is 2. The van der Waals surface area contributed by atoms with Crippen LogP contribution >= 0.6 is 0 Å². The molecule has 0 saturated carbocycles. The van der Waals surface area contributed by atoms with Crippen LogP contribution in [0.2, 0.25) is 0 Å². The molecule has 9 heteroatoms. The van der Waals surface area contributed by atoms with Gasteiger partial charge in [-0.1, -0.05) is 11.8 Å². The predicted molar refractivity (Wildman–Crippen MR) is 105 cm³/mol. The van der Waals surface area contributed by atoms with Crippen molar-refractivity contribution in [2.45, 2.75) is 12.0 Å². The van der Waals surface area contributed by atoms with Crippen molar-refractivity contribution in [1.29, 1.82) is 5.26 Å². The van der Waals surface area contributed by atoms with Gasteiger partial charge in [0.1, 0.15) is 0 Å². The molecule has 1 amide bonds. The summed E-state index contributed by atoms with van der Waals surface area (Å²) in [5.74, 6) is 3.70. The number of aliphatic hydroxyl groups is 1. The van der Waals surface area contributed by atoms with Crippen molar-refractivity contribution in [1.82, 2.24) is 19.7 Å². The molecule has 0 aliphatic carbocycles. The van der Waals surface area contributed by atoms with E-state index < -0.39 is 17.5 Å². The molecule has 2 N–H and O–H groups in total. The molecule has 1 atom stereocenters. The Kier molecular flexibility index (Phi) is 4.46. The van der Waals surface area contributed by atoms with Gasteiger partial charge in [0.15, 0.2) is 11.3 Å². The molecule has 2 aromatic heterocycles. The first-order valence-electron chi connectivity index (χ1n) is 8.96. The number of benzene rings is 1. The fraction of sp³-hybridized carbons (Fsp3) is 0.190. The lowest BCUT2D eigenvalue weighted by Gasteiger charge is -2.13. The molecule has 0 bridgehead atoms. The van der Waals surface area contributed by atoms with Crippen molar-refractivity contribution in [2.75, 3.05) is 13.6 Å². The molecule has 1 aromatic carbocycles. The molecule has 3 aromatic rings. The Morgan fingerprint density at radius 2 is 2.07 bits per heavy atom. The second-order valence-electron chi connectivity index (χ2n) is 6.91. The molecule has 0 spiro atoms. The standard InChI is InChI=1S/C21H15N5O4/c1-25-8-6-21(30,20(25)29)5-4-13-9-14(12-22)11-15(10-13)26-18-16(3-2-7-23-18)17(24-26)19(27)28/h2-3,7,9-11,30H,6,8H2,1H3,(H,27,28). The van der Waals surface area contributed by atoms with E-state index in [0.717, 1.165) is 0 Å². The number of carboxylic acid groups (broad SMARTS) is 1. The van der Waals surface area contributed by atoms with E-state index >= 15 is 0 Å². The molecule has 4 rings (SSSR count). The average molecular weight is 401 g/mol. The third-order valence-electron chi connectivity index (χ3n) is 4.86. The molecule has 30 heavy (non-hydrogen) atoms. The van der Waals surface area contributed by atoms with E-state index in [1.807, 2.05) is 6.07 Å². The second kappa shape index (κ2) is 6.99. The third kappa shape index (κ3) is 3.13. The van der Waals surface area contributed by atoms with Crippen LogP contribution in [0.1, 0.15) is 28.0 Å². The SMILES string of the molecule is CN1CCC(O)(C#Cc2cc(C#N)cc(-n3nc(C(=O)O)c4cccnc43)c2)C1=O. The number of nitrogens with zero attached hydrogens (tertiary/aromatic N) is 5. The van der Waals surface area contributed by atoms with Crippen molar-refractivity contribution in [3.63, 3.8) is 0 Å². The van der Waals surface area contributed by atoms with E-state index in [-0.39, 0.29) is 17.7 Å². The van der Waals surface area contributed by atoms with Crippen LogP contribution in [0.5, 0.6) is 0 Å². The van der Waals surface area contributed by atoms with Gasteiger partial charge in [0.25, 0.3) is 5.91 Å². The maximum Gasteiger partial charge on any atom is 0.357 e. The minimum atomic E-state index is -1.77. The highest BCUT2D eigenvalue weighted by molar-refractivity contribution is 6.00. The Labute approximate surface area is 170 Å². The summed E-state index contributed by atoms with van der Waals surface area (Å²) in [5, 5.41) is 33.8. The number of aromatic carboxylic acids is 1. The van der Waals surface area contributed by atoms with Crippen LogP contribution < -0.4 is 0 Å². The Hall–Kier alpha value is -4.21. The Morgan fingerprint density at radius 1 is 1.30 bits per heavy atom. The van der Waals surface area contributed by atoms with Gasteiger partial charge in [0.05, 0.1) is 22.7 Å². The molecule has 1 fully saturated rings. The Morgan fingerprint density at radius 3 is 2.73 bits per heavy atom. The van der Waals surface area contributed by atoms with Crippen LogP contribution in [0.4, 0.5) is 0 Å². The van der Waals surface area contributed by atoms with Crippen molar-refractivity contribution < 1.29 is 19.8 Å². The quantitative estimate of drug-likeness (QED) is 0.611. The summed E-state index contributed by atoms with van der Waals surface area (Å²) in [6, 6.07) is 9.87. The Balaban J connectivity index is 1.84. The highest BCUT2D eigenvalue weighted by Crippen LogP contribution is 2.23. The summed E-state index contributed by atoms with van der Waals surface area (Å²) in [6.07, 6.45) is 1.70. The average Bonchev–Trinajstić information content (AvgIpc) is 3.26. The van der Waals surface area contributed by atoms with Gasteiger partial charge in [0.2, 0.25) is 5.60 Å². The summed E-state index contributed by atoms with van der Waals surface area (Å²) < 4.78 is 1.33. The number of likely N-dealkylation sites (N-methyl/N-ethyl adjacent to an activating group) is 1. The van der Waals surface area contributed by atoms with E-state index in [9.17, 15) is 25.1 Å². The molecule has 1 aliphatic rings. The number of rotatable bonds is 2. The number of carboxylic acids is 1. The number of nitriles is 1. The van der Waals surface area contributed by atoms with Crippen LogP contribution in [0.15, 0.2) is 36.5 Å². The molecule has 1 unspecified atom stereocenters. The van der Waals surface area contributed by atoms with Gasteiger partial charge in [0, 0.05) is 31.8 Å². The summed E-state index contributed by atoms with van der Waals surface area (Å²) in [4.78, 5) is 29.3. The summed E-state index contributed by atoms with van der Waals surface area (Å²) in [5.41, 5.74) is -0.603. The zero-order valence-electron chi connectivity index (χ0n) is 15.8. The molecule has 1 saturated heterocycles. The third-order valence-corrected chi connectivity index (χ3v) is 4.86. The molecular formula is C21H15N5O4. The number of fused-ring (bicyclic) bond motifs is 1. The summed E-state index contributed by atoms with van der Waals surface area (Å²) in [7, 11) is 1.59. The molecule has 0 radical (unpaired) electrons. The van der Waals surface area contributed by atoms with Crippen LogP contribution in [0, 0.1) is 23.2 Å². The number of aromatic nitrogens is 3. The van der Waals surface area contributed by atoms with E-state index in [1.165, 1.54) is 27.9 Å². The lowest BCUT2D eigenvalue weighted by atomic mass is 10.0. The van der Waals surface area contributed by atoms with Gasteiger partial charge in [-0.15, -0.1) is 0 Å². The molecular weight excluding hydrogens is 386 g/mol. The van der Waals surface area contributed by atoms with E-state index in [1.54, 1.807) is 25.2 Å².